The number of pyridine rings is 1. The fourth-order valence-electron chi connectivity index (χ4n) is 1.39. The van der Waals surface area contributed by atoms with E-state index < -0.39 is 5.97 Å². The van der Waals surface area contributed by atoms with Crippen LogP contribution in [0.15, 0.2) is 37.1 Å². The Kier molecular flexibility index (Phi) is 5.22. The third kappa shape index (κ3) is 4.70. The zero-order chi connectivity index (χ0) is 11.8. The zero-order valence-electron chi connectivity index (χ0n) is 9.17. The van der Waals surface area contributed by atoms with E-state index in [1.54, 1.807) is 12.3 Å². The average Bonchev–Trinajstić information content (AvgIpc) is 2.27. The maximum absolute atomic E-state index is 10.5. The molecule has 1 heterocycles. The molecule has 1 aromatic heterocycles. The molecular weight excluding hydrogens is 204 g/mol. The Hall–Kier alpha value is -1.68. The fourth-order valence-corrected chi connectivity index (χ4v) is 1.39. The molecule has 1 N–H and O–H groups in total. The Morgan fingerprint density at radius 2 is 2.38 bits per heavy atom. The van der Waals surface area contributed by atoms with Crippen molar-refractivity contribution in [3.05, 3.63) is 42.7 Å². The summed E-state index contributed by atoms with van der Waals surface area (Å²) in [6.45, 7) is 5.49. The minimum absolute atomic E-state index is 0.140. The van der Waals surface area contributed by atoms with Crippen molar-refractivity contribution in [2.75, 3.05) is 13.1 Å². The van der Waals surface area contributed by atoms with Crippen LogP contribution in [0.3, 0.4) is 0 Å². The minimum atomic E-state index is -0.782. The Bertz CT molecular complexity index is 338. The number of aliphatic carboxylic acids is 1. The van der Waals surface area contributed by atoms with E-state index in [-0.39, 0.29) is 6.42 Å². The van der Waals surface area contributed by atoms with Gasteiger partial charge in [0, 0.05) is 25.8 Å². The summed E-state index contributed by atoms with van der Waals surface area (Å²) in [5, 5.41) is 8.63. The number of aromatic nitrogens is 1. The van der Waals surface area contributed by atoms with Gasteiger partial charge in [0.2, 0.25) is 0 Å². The van der Waals surface area contributed by atoms with Crippen molar-refractivity contribution in [2.24, 2.45) is 0 Å². The van der Waals surface area contributed by atoms with Gasteiger partial charge in [-0.1, -0.05) is 12.1 Å². The number of carboxylic acids is 1. The molecule has 0 unspecified atom stereocenters. The van der Waals surface area contributed by atoms with Crippen molar-refractivity contribution in [3.63, 3.8) is 0 Å². The minimum Gasteiger partial charge on any atom is -0.481 e. The van der Waals surface area contributed by atoms with Gasteiger partial charge in [-0.25, -0.2) is 0 Å². The monoisotopic (exact) mass is 220 g/mol. The van der Waals surface area contributed by atoms with E-state index in [1.807, 2.05) is 23.1 Å². The SMILES string of the molecule is C=CCN(CCC(=O)O)Cc1ccccn1. The van der Waals surface area contributed by atoms with Crippen molar-refractivity contribution in [1.82, 2.24) is 9.88 Å². The summed E-state index contributed by atoms with van der Waals surface area (Å²) >= 11 is 0. The second-order valence-electron chi connectivity index (χ2n) is 3.49. The van der Waals surface area contributed by atoms with Crippen molar-refractivity contribution < 1.29 is 9.90 Å². The first-order valence-electron chi connectivity index (χ1n) is 5.17. The van der Waals surface area contributed by atoms with Crippen molar-refractivity contribution in [2.45, 2.75) is 13.0 Å². The number of nitrogens with zero attached hydrogens (tertiary/aromatic N) is 2. The van der Waals surface area contributed by atoms with Gasteiger partial charge in [-0.15, -0.1) is 6.58 Å². The molecule has 4 heteroatoms. The largest absolute Gasteiger partial charge is 0.481 e. The molecule has 0 fully saturated rings. The lowest BCUT2D eigenvalue weighted by Crippen LogP contribution is -2.26. The van der Waals surface area contributed by atoms with Gasteiger partial charge in [0.15, 0.2) is 0 Å². The first kappa shape index (κ1) is 12.4. The lowest BCUT2D eigenvalue weighted by Gasteiger charge is -2.18. The number of carbonyl (C=O) groups is 1. The maximum Gasteiger partial charge on any atom is 0.304 e. The Balaban J connectivity index is 2.50. The molecule has 0 bridgehead atoms. The molecule has 0 atom stereocenters. The highest BCUT2D eigenvalue weighted by Gasteiger charge is 2.07. The predicted molar refractivity (Wildman–Crippen MR) is 62.0 cm³/mol. The van der Waals surface area contributed by atoms with Crippen LogP contribution >= 0.6 is 0 Å². The second kappa shape index (κ2) is 6.74. The summed E-state index contributed by atoms with van der Waals surface area (Å²) in [5.74, 6) is -0.782. The van der Waals surface area contributed by atoms with Crippen molar-refractivity contribution >= 4 is 5.97 Å². The molecule has 16 heavy (non-hydrogen) atoms. The van der Waals surface area contributed by atoms with Crippen LogP contribution < -0.4 is 0 Å². The highest BCUT2D eigenvalue weighted by molar-refractivity contribution is 5.66. The fraction of sp³-hybridized carbons (Fsp3) is 0.333. The van der Waals surface area contributed by atoms with Crippen LogP contribution in [-0.2, 0) is 11.3 Å². The Morgan fingerprint density at radius 3 is 2.94 bits per heavy atom. The normalized spacial score (nSPS) is 10.3. The van der Waals surface area contributed by atoms with Crippen LogP contribution in [0.5, 0.6) is 0 Å². The molecule has 0 saturated heterocycles. The van der Waals surface area contributed by atoms with Crippen LogP contribution in [0.4, 0.5) is 0 Å². The van der Waals surface area contributed by atoms with E-state index in [2.05, 4.69) is 11.6 Å². The van der Waals surface area contributed by atoms with Crippen molar-refractivity contribution in [3.8, 4) is 0 Å². The van der Waals surface area contributed by atoms with Gasteiger partial charge < -0.3 is 5.11 Å². The van der Waals surface area contributed by atoms with Crippen LogP contribution in [-0.4, -0.2) is 34.0 Å². The molecule has 0 aliphatic rings. The number of rotatable bonds is 7. The second-order valence-corrected chi connectivity index (χ2v) is 3.49. The van der Waals surface area contributed by atoms with Crippen LogP contribution in [0.1, 0.15) is 12.1 Å². The maximum atomic E-state index is 10.5. The third-order valence-corrected chi connectivity index (χ3v) is 2.14. The van der Waals surface area contributed by atoms with E-state index in [4.69, 9.17) is 5.11 Å². The van der Waals surface area contributed by atoms with Gasteiger partial charge in [-0.05, 0) is 12.1 Å². The molecule has 0 aromatic carbocycles. The predicted octanol–water partition coefficient (Wildman–Crippen LogP) is 1.54. The first-order valence-corrected chi connectivity index (χ1v) is 5.17. The van der Waals surface area contributed by atoms with Crippen LogP contribution in [0, 0.1) is 0 Å². The summed E-state index contributed by atoms with van der Waals surface area (Å²) < 4.78 is 0. The van der Waals surface area contributed by atoms with Crippen LogP contribution in [0.2, 0.25) is 0 Å². The lowest BCUT2D eigenvalue weighted by molar-refractivity contribution is -0.137. The molecule has 0 radical (unpaired) electrons. The highest BCUT2D eigenvalue weighted by atomic mass is 16.4. The topological polar surface area (TPSA) is 53.4 Å². The molecule has 0 aliphatic carbocycles. The van der Waals surface area contributed by atoms with Gasteiger partial charge in [-0.2, -0.15) is 0 Å². The third-order valence-electron chi connectivity index (χ3n) is 2.14. The summed E-state index contributed by atoms with van der Waals surface area (Å²) in [4.78, 5) is 16.7. The molecular formula is C12H16N2O2. The van der Waals surface area contributed by atoms with Gasteiger partial charge >= 0.3 is 5.97 Å². The Morgan fingerprint density at radius 1 is 1.56 bits per heavy atom. The van der Waals surface area contributed by atoms with Crippen molar-refractivity contribution in [1.29, 1.82) is 0 Å². The Labute approximate surface area is 95.2 Å². The van der Waals surface area contributed by atoms with Crippen LogP contribution in [0.25, 0.3) is 0 Å². The molecule has 86 valence electrons. The zero-order valence-corrected chi connectivity index (χ0v) is 9.17. The first-order chi connectivity index (χ1) is 7.72. The van der Waals surface area contributed by atoms with Gasteiger partial charge in [-0.3, -0.25) is 14.7 Å². The lowest BCUT2D eigenvalue weighted by atomic mass is 10.3. The van der Waals surface area contributed by atoms with E-state index in [0.29, 0.717) is 19.6 Å². The van der Waals surface area contributed by atoms with Gasteiger partial charge in [0.05, 0.1) is 12.1 Å². The molecule has 0 spiro atoms. The number of hydrogen-bond donors (Lipinski definition) is 1. The smallest absolute Gasteiger partial charge is 0.304 e. The van der Waals surface area contributed by atoms with E-state index in [1.165, 1.54) is 0 Å². The van der Waals surface area contributed by atoms with E-state index in [9.17, 15) is 4.79 Å². The molecule has 1 rings (SSSR count). The van der Waals surface area contributed by atoms with E-state index in [0.717, 1.165) is 5.69 Å². The molecule has 0 saturated carbocycles. The number of hydrogen-bond acceptors (Lipinski definition) is 3. The number of carboxylic acid groups (broad SMARTS) is 1. The summed E-state index contributed by atoms with van der Waals surface area (Å²) in [6.07, 6.45) is 3.64. The summed E-state index contributed by atoms with van der Waals surface area (Å²) in [5.41, 5.74) is 0.940. The quantitative estimate of drug-likeness (QED) is 0.708. The summed E-state index contributed by atoms with van der Waals surface area (Å²) in [6, 6.07) is 5.71. The standard InChI is InChI=1S/C12H16N2O2/c1-2-8-14(9-6-12(15)16)10-11-5-3-4-7-13-11/h2-5,7H,1,6,8-10H2,(H,15,16). The van der Waals surface area contributed by atoms with E-state index >= 15 is 0 Å². The molecule has 0 amide bonds. The summed E-state index contributed by atoms with van der Waals surface area (Å²) in [7, 11) is 0. The van der Waals surface area contributed by atoms with Gasteiger partial charge in [0.25, 0.3) is 0 Å². The highest BCUT2D eigenvalue weighted by Crippen LogP contribution is 2.02. The molecule has 0 aliphatic heterocycles. The average molecular weight is 220 g/mol. The van der Waals surface area contributed by atoms with Gasteiger partial charge in [0.1, 0.15) is 0 Å². The molecule has 1 aromatic rings. The molecule has 4 nitrogen and oxygen atoms in total.